The Labute approximate surface area is 138 Å². The van der Waals surface area contributed by atoms with Crippen LogP contribution in [0.5, 0.6) is 0 Å². The minimum absolute atomic E-state index is 0.161. The number of carbonyl (C=O) groups excluding carboxylic acids is 1. The fourth-order valence-electron chi connectivity index (χ4n) is 2.95. The second-order valence-corrected chi connectivity index (χ2v) is 7.66. The van der Waals surface area contributed by atoms with Gasteiger partial charge in [0.25, 0.3) is 0 Å². The summed E-state index contributed by atoms with van der Waals surface area (Å²) >= 11 is 0. The molecular weight excluding hydrogens is 290 g/mol. The molecule has 2 fully saturated rings. The molecule has 4 nitrogen and oxygen atoms in total. The lowest BCUT2D eigenvalue weighted by Gasteiger charge is -2.43. The monoisotopic (exact) mass is 317 g/mol. The number of nitrogens with zero attached hydrogens (tertiary/aromatic N) is 1. The molecule has 0 N–H and O–H groups in total. The fraction of sp³-hybridized carbons (Fsp3) is 0.632. The van der Waals surface area contributed by atoms with Crippen LogP contribution >= 0.6 is 0 Å². The quantitative estimate of drug-likeness (QED) is 0.819. The standard InChI is InChI=1S/C19H27NO3/c1-19(2,3)23-18(21)20(15-9-10-15)16-11-17(12-16)22-13-14-7-5-4-6-8-14/h4-8,15-17H,9-13H2,1-3H3. The molecule has 0 heterocycles. The van der Waals surface area contributed by atoms with Gasteiger partial charge in [-0.25, -0.2) is 4.79 Å². The average molecular weight is 317 g/mol. The zero-order chi connectivity index (χ0) is 16.4. The van der Waals surface area contributed by atoms with E-state index in [0.29, 0.717) is 12.6 Å². The zero-order valence-electron chi connectivity index (χ0n) is 14.3. The van der Waals surface area contributed by atoms with Crippen LogP contribution in [0.2, 0.25) is 0 Å². The first-order valence-electron chi connectivity index (χ1n) is 8.59. The number of rotatable bonds is 5. The molecule has 0 unspecified atom stereocenters. The van der Waals surface area contributed by atoms with Gasteiger partial charge in [-0.05, 0) is 52.0 Å². The Balaban J connectivity index is 1.47. The Hall–Kier alpha value is -1.55. The van der Waals surface area contributed by atoms with Gasteiger partial charge in [-0.2, -0.15) is 0 Å². The molecule has 126 valence electrons. The molecule has 2 saturated carbocycles. The highest BCUT2D eigenvalue weighted by atomic mass is 16.6. The predicted octanol–water partition coefficient (Wildman–Crippen LogP) is 4.13. The minimum Gasteiger partial charge on any atom is -0.444 e. The van der Waals surface area contributed by atoms with Crippen molar-refractivity contribution < 1.29 is 14.3 Å². The Bertz CT molecular complexity index is 527. The van der Waals surface area contributed by atoms with E-state index in [4.69, 9.17) is 9.47 Å². The lowest BCUT2D eigenvalue weighted by molar-refractivity contribution is -0.0652. The van der Waals surface area contributed by atoms with Gasteiger partial charge in [0.15, 0.2) is 0 Å². The Morgan fingerprint density at radius 2 is 1.78 bits per heavy atom. The molecule has 0 aromatic heterocycles. The summed E-state index contributed by atoms with van der Waals surface area (Å²) in [5.41, 5.74) is 0.763. The molecular formula is C19H27NO3. The third-order valence-corrected chi connectivity index (χ3v) is 4.34. The van der Waals surface area contributed by atoms with Crippen LogP contribution in [0.3, 0.4) is 0 Å². The third-order valence-electron chi connectivity index (χ3n) is 4.34. The average Bonchev–Trinajstić information content (AvgIpc) is 3.24. The maximum absolute atomic E-state index is 12.4. The molecule has 1 amide bonds. The molecule has 0 aliphatic heterocycles. The third kappa shape index (κ3) is 4.47. The van der Waals surface area contributed by atoms with Crippen LogP contribution in [0.25, 0.3) is 0 Å². The van der Waals surface area contributed by atoms with Crippen molar-refractivity contribution in [2.75, 3.05) is 0 Å². The Kier molecular flexibility index (Phi) is 4.62. The highest BCUT2D eigenvalue weighted by Gasteiger charge is 2.45. The van der Waals surface area contributed by atoms with Crippen molar-refractivity contribution in [3.63, 3.8) is 0 Å². The summed E-state index contributed by atoms with van der Waals surface area (Å²) in [4.78, 5) is 14.4. The van der Waals surface area contributed by atoms with E-state index in [9.17, 15) is 4.79 Å². The first-order valence-corrected chi connectivity index (χ1v) is 8.59. The van der Waals surface area contributed by atoms with E-state index in [-0.39, 0.29) is 18.2 Å². The van der Waals surface area contributed by atoms with Crippen molar-refractivity contribution in [2.45, 2.75) is 76.9 Å². The van der Waals surface area contributed by atoms with E-state index in [1.165, 1.54) is 5.56 Å². The SMILES string of the molecule is CC(C)(C)OC(=O)N(C1CC1)C1CC(OCc2ccccc2)C1. The Morgan fingerprint density at radius 1 is 1.13 bits per heavy atom. The number of benzene rings is 1. The van der Waals surface area contributed by atoms with Crippen LogP contribution in [-0.4, -0.2) is 34.8 Å². The predicted molar refractivity (Wildman–Crippen MR) is 89.1 cm³/mol. The zero-order valence-corrected chi connectivity index (χ0v) is 14.3. The molecule has 0 atom stereocenters. The lowest BCUT2D eigenvalue weighted by Crippen LogP contribution is -2.52. The van der Waals surface area contributed by atoms with Gasteiger partial charge in [0.05, 0.1) is 12.7 Å². The van der Waals surface area contributed by atoms with E-state index in [2.05, 4.69) is 12.1 Å². The van der Waals surface area contributed by atoms with Crippen LogP contribution in [0.4, 0.5) is 4.79 Å². The van der Waals surface area contributed by atoms with Crippen molar-refractivity contribution in [3.05, 3.63) is 35.9 Å². The van der Waals surface area contributed by atoms with Crippen molar-refractivity contribution in [2.24, 2.45) is 0 Å². The van der Waals surface area contributed by atoms with Crippen LogP contribution in [-0.2, 0) is 16.1 Å². The lowest BCUT2D eigenvalue weighted by atomic mass is 9.87. The van der Waals surface area contributed by atoms with Gasteiger partial charge in [-0.15, -0.1) is 0 Å². The second-order valence-electron chi connectivity index (χ2n) is 7.66. The maximum Gasteiger partial charge on any atom is 0.410 e. The summed E-state index contributed by atoms with van der Waals surface area (Å²) in [7, 11) is 0. The molecule has 4 heteroatoms. The maximum atomic E-state index is 12.4. The van der Waals surface area contributed by atoms with Crippen LogP contribution in [0.15, 0.2) is 30.3 Å². The van der Waals surface area contributed by atoms with Gasteiger partial charge >= 0.3 is 6.09 Å². The molecule has 1 aromatic carbocycles. The molecule has 2 aliphatic carbocycles. The molecule has 2 aliphatic rings. The largest absolute Gasteiger partial charge is 0.444 e. The van der Waals surface area contributed by atoms with Gasteiger partial charge in [-0.1, -0.05) is 30.3 Å². The van der Waals surface area contributed by atoms with Crippen LogP contribution in [0, 0.1) is 0 Å². The summed E-state index contributed by atoms with van der Waals surface area (Å²) in [5.74, 6) is 0. The molecule has 0 saturated heterocycles. The number of carbonyl (C=O) groups is 1. The van der Waals surface area contributed by atoms with Crippen molar-refractivity contribution in [1.82, 2.24) is 4.90 Å². The van der Waals surface area contributed by atoms with Gasteiger partial charge in [0.2, 0.25) is 0 Å². The summed E-state index contributed by atoms with van der Waals surface area (Å²) in [6.45, 7) is 6.40. The molecule has 0 spiro atoms. The van der Waals surface area contributed by atoms with Crippen LogP contribution in [0.1, 0.15) is 52.0 Å². The summed E-state index contributed by atoms with van der Waals surface area (Å²) in [6, 6.07) is 10.9. The van der Waals surface area contributed by atoms with E-state index >= 15 is 0 Å². The first kappa shape index (κ1) is 16.3. The molecule has 3 rings (SSSR count). The van der Waals surface area contributed by atoms with Gasteiger partial charge in [0, 0.05) is 12.1 Å². The normalized spacial score (nSPS) is 24.0. The fourth-order valence-corrected chi connectivity index (χ4v) is 2.95. The number of hydrogen-bond donors (Lipinski definition) is 0. The molecule has 23 heavy (non-hydrogen) atoms. The van der Waals surface area contributed by atoms with Gasteiger partial charge < -0.3 is 14.4 Å². The Morgan fingerprint density at radius 3 is 2.35 bits per heavy atom. The van der Waals surface area contributed by atoms with Gasteiger partial charge in [0.1, 0.15) is 5.60 Å². The summed E-state index contributed by atoms with van der Waals surface area (Å²) in [6.07, 6.45) is 4.14. The smallest absolute Gasteiger partial charge is 0.410 e. The number of ether oxygens (including phenoxy) is 2. The van der Waals surface area contributed by atoms with E-state index in [1.54, 1.807) is 0 Å². The van der Waals surface area contributed by atoms with E-state index < -0.39 is 5.60 Å². The van der Waals surface area contributed by atoms with Crippen molar-refractivity contribution >= 4 is 6.09 Å². The highest BCUT2D eigenvalue weighted by molar-refractivity contribution is 5.69. The minimum atomic E-state index is -0.433. The van der Waals surface area contributed by atoms with Crippen molar-refractivity contribution in [3.8, 4) is 0 Å². The number of amides is 1. The summed E-state index contributed by atoms with van der Waals surface area (Å²) < 4.78 is 11.5. The molecule has 0 bridgehead atoms. The highest BCUT2D eigenvalue weighted by Crippen LogP contribution is 2.38. The van der Waals surface area contributed by atoms with E-state index in [0.717, 1.165) is 25.7 Å². The number of hydrogen-bond acceptors (Lipinski definition) is 3. The van der Waals surface area contributed by atoms with Gasteiger partial charge in [-0.3, -0.25) is 0 Å². The molecule has 1 aromatic rings. The topological polar surface area (TPSA) is 38.8 Å². The second kappa shape index (κ2) is 6.52. The molecule has 0 radical (unpaired) electrons. The first-order chi connectivity index (χ1) is 10.9. The summed E-state index contributed by atoms with van der Waals surface area (Å²) in [5, 5.41) is 0. The van der Waals surface area contributed by atoms with Crippen molar-refractivity contribution in [1.29, 1.82) is 0 Å². The van der Waals surface area contributed by atoms with Crippen LogP contribution < -0.4 is 0 Å². The van der Waals surface area contributed by atoms with E-state index in [1.807, 2.05) is 43.9 Å².